The molecule has 0 aliphatic rings. The van der Waals surface area contributed by atoms with Crippen LogP contribution in [0.15, 0.2) is 16.9 Å². The molecule has 0 fully saturated rings. The quantitative estimate of drug-likeness (QED) is 0.701. The SMILES string of the molecule is CC(=O)OCn1cc(Br)cn1. The summed E-state index contributed by atoms with van der Waals surface area (Å²) in [6.45, 7) is 1.53. The zero-order valence-electron chi connectivity index (χ0n) is 5.95. The van der Waals surface area contributed by atoms with Gasteiger partial charge in [0.2, 0.25) is 0 Å². The molecule has 0 saturated heterocycles. The highest BCUT2D eigenvalue weighted by Crippen LogP contribution is 2.05. The number of ether oxygens (including phenoxy) is 1. The molecule has 4 nitrogen and oxygen atoms in total. The first-order valence-corrected chi connectivity index (χ1v) is 3.79. The van der Waals surface area contributed by atoms with Crippen LogP contribution in [0.25, 0.3) is 0 Å². The lowest BCUT2D eigenvalue weighted by Gasteiger charge is -1.99. The van der Waals surface area contributed by atoms with Gasteiger partial charge in [0.05, 0.1) is 10.7 Å². The summed E-state index contributed by atoms with van der Waals surface area (Å²) in [6, 6.07) is 0. The van der Waals surface area contributed by atoms with Crippen LogP contribution >= 0.6 is 15.9 Å². The van der Waals surface area contributed by atoms with Crippen LogP contribution in [0.2, 0.25) is 0 Å². The molecule has 60 valence electrons. The Labute approximate surface area is 72.3 Å². The van der Waals surface area contributed by atoms with Crippen molar-refractivity contribution in [1.82, 2.24) is 9.78 Å². The average molecular weight is 219 g/mol. The van der Waals surface area contributed by atoms with E-state index >= 15 is 0 Å². The smallest absolute Gasteiger partial charge is 0.304 e. The third-order valence-electron chi connectivity index (χ3n) is 1.00. The summed E-state index contributed by atoms with van der Waals surface area (Å²) in [6.07, 6.45) is 3.35. The van der Waals surface area contributed by atoms with E-state index in [1.807, 2.05) is 0 Å². The van der Waals surface area contributed by atoms with E-state index in [0.717, 1.165) is 4.47 Å². The van der Waals surface area contributed by atoms with Crippen LogP contribution < -0.4 is 0 Å². The first kappa shape index (κ1) is 8.26. The number of carbonyl (C=O) groups excluding carboxylic acids is 1. The molecule has 0 aliphatic carbocycles. The summed E-state index contributed by atoms with van der Waals surface area (Å²) in [4.78, 5) is 10.3. The minimum Gasteiger partial charge on any atom is -0.443 e. The first-order chi connectivity index (χ1) is 5.18. The number of carbonyl (C=O) groups is 1. The van der Waals surface area contributed by atoms with Gasteiger partial charge in [0.1, 0.15) is 0 Å². The van der Waals surface area contributed by atoms with Gasteiger partial charge in [0.25, 0.3) is 0 Å². The van der Waals surface area contributed by atoms with Gasteiger partial charge in [-0.05, 0) is 15.9 Å². The first-order valence-electron chi connectivity index (χ1n) is 3.00. The Morgan fingerprint density at radius 2 is 2.64 bits per heavy atom. The van der Waals surface area contributed by atoms with Crippen molar-refractivity contribution in [1.29, 1.82) is 0 Å². The van der Waals surface area contributed by atoms with Crippen LogP contribution in [0, 0.1) is 0 Å². The van der Waals surface area contributed by atoms with E-state index in [-0.39, 0.29) is 12.7 Å². The van der Waals surface area contributed by atoms with E-state index < -0.39 is 0 Å². The molecule has 5 heteroatoms. The summed E-state index contributed by atoms with van der Waals surface area (Å²) in [5.74, 6) is -0.309. The summed E-state index contributed by atoms with van der Waals surface area (Å²) >= 11 is 3.22. The summed E-state index contributed by atoms with van der Waals surface area (Å²) in [5, 5.41) is 3.88. The fraction of sp³-hybridized carbons (Fsp3) is 0.333. The minimum absolute atomic E-state index is 0.168. The second-order valence-corrected chi connectivity index (χ2v) is 2.88. The van der Waals surface area contributed by atoms with E-state index in [0.29, 0.717) is 0 Å². The summed E-state index contributed by atoms with van der Waals surface area (Å²) in [5.41, 5.74) is 0. The molecule has 0 aliphatic heterocycles. The number of hydrogen-bond acceptors (Lipinski definition) is 3. The van der Waals surface area contributed by atoms with Gasteiger partial charge in [0, 0.05) is 13.1 Å². The molecule has 0 radical (unpaired) electrons. The van der Waals surface area contributed by atoms with Crippen LogP contribution in [0.5, 0.6) is 0 Å². The number of esters is 1. The topological polar surface area (TPSA) is 44.1 Å². The van der Waals surface area contributed by atoms with E-state index in [1.54, 1.807) is 12.4 Å². The van der Waals surface area contributed by atoms with Crippen molar-refractivity contribution in [2.24, 2.45) is 0 Å². The lowest BCUT2D eigenvalue weighted by Crippen LogP contribution is -2.06. The molecule has 0 bridgehead atoms. The third kappa shape index (κ3) is 2.71. The van der Waals surface area contributed by atoms with Crippen LogP contribution in [0.3, 0.4) is 0 Å². The predicted octanol–water partition coefficient (Wildman–Crippen LogP) is 1.17. The highest BCUT2D eigenvalue weighted by molar-refractivity contribution is 9.10. The Bertz CT molecular complexity index is 259. The van der Waals surface area contributed by atoms with Gasteiger partial charge in [-0.3, -0.25) is 4.79 Å². The Morgan fingerprint density at radius 3 is 3.09 bits per heavy atom. The van der Waals surface area contributed by atoms with Crippen molar-refractivity contribution in [3.05, 3.63) is 16.9 Å². The van der Waals surface area contributed by atoms with Crippen molar-refractivity contribution in [3.8, 4) is 0 Å². The molecule has 1 heterocycles. The van der Waals surface area contributed by atoms with Crippen LogP contribution in [0.1, 0.15) is 6.92 Å². The highest BCUT2D eigenvalue weighted by atomic mass is 79.9. The average Bonchev–Trinajstić information content (AvgIpc) is 2.31. The molecule has 1 aromatic rings. The molecule has 0 unspecified atom stereocenters. The Kier molecular flexibility index (Phi) is 2.64. The molecule has 0 aromatic carbocycles. The largest absolute Gasteiger partial charge is 0.443 e. The summed E-state index contributed by atoms with van der Waals surface area (Å²) < 4.78 is 7.07. The van der Waals surface area contributed by atoms with Crippen molar-refractivity contribution in [2.45, 2.75) is 13.7 Å². The zero-order valence-corrected chi connectivity index (χ0v) is 7.54. The van der Waals surface area contributed by atoms with Crippen molar-refractivity contribution >= 4 is 21.9 Å². The van der Waals surface area contributed by atoms with E-state index in [2.05, 4.69) is 25.8 Å². The van der Waals surface area contributed by atoms with Gasteiger partial charge in [0.15, 0.2) is 6.73 Å². The number of halogens is 1. The minimum atomic E-state index is -0.309. The molecule has 0 saturated carbocycles. The number of nitrogens with zero attached hydrogens (tertiary/aromatic N) is 2. The number of aromatic nitrogens is 2. The molecular formula is C6H7BrN2O2. The molecule has 0 amide bonds. The monoisotopic (exact) mass is 218 g/mol. The molecule has 11 heavy (non-hydrogen) atoms. The van der Waals surface area contributed by atoms with E-state index in [1.165, 1.54) is 11.6 Å². The highest BCUT2D eigenvalue weighted by Gasteiger charge is 1.95. The maximum absolute atomic E-state index is 10.3. The fourth-order valence-corrected chi connectivity index (χ4v) is 0.894. The molecular weight excluding hydrogens is 212 g/mol. The zero-order chi connectivity index (χ0) is 8.27. The van der Waals surface area contributed by atoms with E-state index in [9.17, 15) is 4.79 Å². The van der Waals surface area contributed by atoms with Crippen LogP contribution in [-0.4, -0.2) is 15.7 Å². The standard InChI is InChI=1S/C6H7BrN2O2/c1-5(10)11-4-9-3-6(7)2-8-9/h2-3H,4H2,1H3. The molecule has 1 rings (SSSR count). The van der Waals surface area contributed by atoms with Gasteiger partial charge < -0.3 is 4.74 Å². The van der Waals surface area contributed by atoms with Crippen LogP contribution in [0.4, 0.5) is 0 Å². The Hall–Kier alpha value is -0.840. The predicted molar refractivity (Wildman–Crippen MR) is 41.7 cm³/mol. The number of rotatable bonds is 2. The van der Waals surface area contributed by atoms with Gasteiger partial charge in [-0.25, -0.2) is 4.68 Å². The molecule has 1 aromatic heterocycles. The maximum atomic E-state index is 10.3. The number of hydrogen-bond donors (Lipinski definition) is 0. The maximum Gasteiger partial charge on any atom is 0.304 e. The van der Waals surface area contributed by atoms with Gasteiger partial charge in [-0.15, -0.1) is 0 Å². The van der Waals surface area contributed by atoms with Gasteiger partial charge >= 0.3 is 5.97 Å². The summed E-state index contributed by atoms with van der Waals surface area (Å²) in [7, 11) is 0. The lowest BCUT2D eigenvalue weighted by molar-refractivity contribution is -0.145. The Balaban J connectivity index is 2.45. The molecule has 0 atom stereocenters. The van der Waals surface area contributed by atoms with Crippen LogP contribution in [-0.2, 0) is 16.3 Å². The van der Waals surface area contributed by atoms with Crippen molar-refractivity contribution in [2.75, 3.05) is 0 Å². The Morgan fingerprint density at radius 1 is 1.91 bits per heavy atom. The fourth-order valence-electron chi connectivity index (χ4n) is 0.566. The molecule has 0 spiro atoms. The second kappa shape index (κ2) is 3.52. The van der Waals surface area contributed by atoms with Gasteiger partial charge in [-0.1, -0.05) is 0 Å². The third-order valence-corrected chi connectivity index (χ3v) is 1.41. The van der Waals surface area contributed by atoms with E-state index in [4.69, 9.17) is 0 Å². The van der Waals surface area contributed by atoms with Gasteiger partial charge in [-0.2, -0.15) is 5.10 Å². The van der Waals surface area contributed by atoms with Crippen molar-refractivity contribution in [3.63, 3.8) is 0 Å². The van der Waals surface area contributed by atoms with Crippen molar-refractivity contribution < 1.29 is 9.53 Å². The lowest BCUT2D eigenvalue weighted by atomic mass is 10.7. The molecule has 0 N–H and O–H groups in total. The normalized spacial score (nSPS) is 9.64. The second-order valence-electron chi connectivity index (χ2n) is 1.96.